The number of hydrogen-bond donors (Lipinski definition) is 3. The van der Waals surface area contributed by atoms with Crippen molar-refractivity contribution in [3.05, 3.63) is 126 Å². The Morgan fingerprint density at radius 2 is 1.53 bits per heavy atom. The van der Waals surface area contributed by atoms with Crippen LogP contribution in [0.5, 0.6) is 5.75 Å². The van der Waals surface area contributed by atoms with Crippen LogP contribution < -0.4 is 15.8 Å². The molecule has 0 unspecified atom stereocenters. The summed E-state index contributed by atoms with van der Waals surface area (Å²) in [7, 11) is -7.86. The van der Waals surface area contributed by atoms with E-state index < -0.39 is 54.4 Å². The van der Waals surface area contributed by atoms with Gasteiger partial charge in [0.05, 0.1) is 36.9 Å². The van der Waals surface area contributed by atoms with Crippen molar-refractivity contribution < 1.29 is 55.6 Å². The quantitative estimate of drug-likeness (QED) is 0.0728. The smallest absolute Gasteiger partial charge is 0.407 e. The highest BCUT2D eigenvalue weighted by atomic mass is 32.2. The van der Waals surface area contributed by atoms with E-state index in [1.54, 1.807) is 36.4 Å². The van der Waals surface area contributed by atoms with Gasteiger partial charge < -0.3 is 48.9 Å². The number of fused-ring (bicyclic) bond motifs is 1. The fraction of sp³-hybridized carbons (Fsp3) is 0.390. The number of carbonyl (C=O) groups is 1. The Bertz CT molecular complexity index is 2030. The van der Waals surface area contributed by atoms with Crippen molar-refractivity contribution >= 4 is 29.4 Å². The molecule has 58 heavy (non-hydrogen) atoms. The molecule has 312 valence electrons. The predicted octanol–water partition coefficient (Wildman–Crippen LogP) is 5.67. The predicted molar refractivity (Wildman–Crippen MR) is 214 cm³/mol. The average molecular weight is 840 g/mol. The zero-order valence-electron chi connectivity index (χ0n) is 32.3. The maximum absolute atomic E-state index is 13.9. The normalized spacial score (nSPS) is 19.2. The number of aliphatic hydroxyl groups excluding tert-OH is 1. The lowest BCUT2D eigenvalue weighted by molar-refractivity contribution is -0.0943. The van der Waals surface area contributed by atoms with Crippen LogP contribution >= 0.6 is 7.60 Å². The van der Waals surface area contributed by atoms with Crippen LogP contribution in [0.4, 0.5) is 10.5 Å². The number of nitrogen functional groups attached to an aromatic ring is 1. The van der Waals surface area contributed by atoms with E-state index in [9.17, 15) is 22.9 Å². The van der Waals surface area contributed by atoms with E-state index in [4.69, 9.17) is 38.5 Å². The molecule has 0 bridgehead atoms. The van der Waals surface area contributed by atoms with Gasteiger partial charge in [-0.25, -0.2) is 13.2 Å². The summed E-state index contributed by atoms with van der Waals surface area (Å²) in [5.74, 6) is 0.268. The number of alkyl carbamates (subject to hydrolysis) is 1. The molecule has 2 aliphatic rings. The van der Waals surface area contributed by atoms with Crippen LogP contribution in [0, 0.1) is 5.92 Å². The number of carbonyl (C=O) groups excluding carboxylic acids is 1. The Labute approximate surface area is 338 Å². The number of nitrogens with one attached hydrogen (secondary N) is 1. The molecule has 0 aliphatic carbocycles. The van der Waals surface area contributed by atoms with Gasteiger partial charge in [0.25, 0.3) is 0 Å². The van der Waals surface area contributed by atoms with Crippen LogP contribution in [0.2, 0.25) is 0 Å². The molecule has 6 rings (SSSR count). The largest absolute Gasteiger partial charge is 0.481 e. The topological polar surface area (TPSA) is 194 Å². The minimum atomic E-state index is -4.10. The van der Waals surface area contributed by atoms with Gasteiger partial charge in [-0.1, -0.05) is 92.7 Å². The molecule has 2 saturated heterocycles. The molecule has 2 fully saturated rings. The Morgan fingerprint density at radius 3 is 2.16 bits per heavy atom. The summed E-state index contributed by atoms with van der Waals surface area (Å²) in [5, 5.41) is 14.5. The molecule has 2 aliphatic heterocycles. The Hall–Kier alpha value is -4.35. The first-order valence-electron chi connectivity index (χ1n) is 18.9. The number of amides is 1. The molecular formula is C41H50N3O12PS. The maximum Gasteiger partial charge on any atom is 0.407 e. The van der Waals surface area contributed by atoms with E-state index >= 15 is 0 Å². The Kier molecular flexibility index (Phi) is 15.0. The fourth-order valence-corrected chi connectivity index (χ4v) is 9.25. The molecule has 4 N–H and O–H groups in total. The Morgan fingerprint density at radius 1 is 0.879 bits per heavy atom. The monoisotopic (exact) mass is 839 g/mol. The number of sulfonamides is 1. The first kappa shape index (κ1) is 43.2. The molecule has 0 saturated carbocycles. The molecule has 15 nitrogen and oxygen atoms in total. The summed E-state index contributed by atoms with van der Waals surface area (Å²) in [6, 6.07) is 30.3. The lowest BCUT2D eigenvalue weighted by Gasteiger charge is -2.31. The van der Waals surface area contributed by atoms with Crippen LogP contribution in [0.15, 0.2) is 114 Å². The summed E-state index contributed by atoms with van der Waals surface area (Å²) in [6.45, 7) is 3.63. The third kappa shape index (κ3) is 12.1. The van der Waals surface area contributed by atoms with Crippen LogP contribution in [0.3, 0.4) is 0 Å². The number of ether oxygens (including phenoxy) is 5. The average Bonchev–Trinajstić information content (AvgIpc) is 3.84. The van der Waals surface area contributed by atoms with Gasteiger partial charge in [0.2, 0.25) is 10.0 Å². The maximum atomic E-state index is 13.9. The SMILES string of the molecule is CC(C)CN(C[C@@H](O)[C@H](Cc1ccc(OCP(=O)(OCc2ccccc2)OCc2ccccc2)cc1)NC(=O)O[C@H]1CO[C@H]2OCO[C@H]21)S(=O)(=O)c1cccc(N)c1. The van der Waals surface area contributed by atoms with Crippen LogP contribution in [0.25, 0.3) is 0 Å². The van der Waals surface area contributed by atoms with Crippen LogP contribution in [-0.4, -0.2) is 87.4 Å². The number of hydrogen-bond acceptors (Lipinski definition) is 13. The molecule has 0 aromatic heterocycles. The van der Waals surface area contributed by atoms with Gasteiger partial charge in [0.15, 0.2) is 31.6 Å². The zero-order chi connectivity index (χ0) is 41.1. The molecule has 2 heterocycles. The van der Waals surface area contributed by atoms with Crippen molar-refractivity contribution in [2.75, 3.05) is 38.6 Å². The van der Waals surface area contributed by atoms with E-state index in [1.807, 2.05) is 74.5 Å². The van der Waals surface area contributed by atoms with Gasteiger partial charge in [-0.15, -0.1) is 0 Å². The standard InChI is InChI=1S/C41H50N3O12PS/c1-29(2)22-44(58(48,49)35-15-9-14-33(42)21-35)23-37(45)36(43-41(46)56-38-26-50-40-39(38)51-27-52-40)20-30-16-18-34(19-17-30)53-28-57(47,54-24-31-10-5-3-6-11-31)55-25-32-12-7-4-8-13-32/h3-19,21,29,36-40,45H,20,22-28,42H2,1-2H3,(H,43,46)/t36-,37+,38-,39-,40-/m0/s1. The number of anilines is 1. The second-order valence-corrected chi connectivity index (χ2v) is 18.4. The second kappa shape index (κ2) is 20.1. The third-order valence-corrected chi connectivity index (χ3v) is 12.7. The van der Waals surface area contributed by atoms with Crippen molar-refractivity contribution in [3.8, 4) is 5.75 Å². The highest BCUT2D eigenvalue weighted by molar-refractivity contribution is 7.89. The fourth-order valence-electron chi connectivity index (χ4n) is 6.35. The number of nitrogens with two attached hydrogens (primary N) is 1. The van der Waals surface area contributed by atoms with Crippen LogP contribution in [-0.2, 0) is 62.2 Å². The number of rotatable bonds is 20. The van der Waals surface area contributed by atoms with Crippen molar-refractivity contribution in [2.24, 2.45) is 5.92 Å². The van der Waals surface area contributed by atoms with Crippen molar-refractivity contribution in [3.63, 3.8) is 0 Å². The molecular weight excluding hydrogens is 790 g/mol. The number of nitrogens with zero attached hydrogens (tertiary/aromatic N) is 1. The van der Waals surface area contributed by atoms with E-state index in [1.165, 1.54) is 16.4 Å². The highest BCUT2D eigenvalue weighted by Gasteiger charge is 2.45. The first-order chi connectivity index (χ1) is 27.9. The molecule has 0 spiro atoms. The molecule has 1 amide bonds. The van der Waals surface area contributed by atoms with Gasteiger partial charge in [0.1, 0.15) is 5.75 Å². The lowest BCUT2D eigenvalue weighted by atomic mass is 10.0. The van der Waals surface area contributed by atoms with Gasteiger partial charge in [-0.3, -0.25) is 4.57 Å². The zero-order valence-corrected chi connectivity index (χ0v) is 34.0. The molecule has 5 atom stereocenters. The van der Waals surface area contributed by atoms with Crippen molar-refractivity contribution in [1.29, 1.82) is 0 Å². The first-order valence-corrected chi connectivity index (χ1v) is 22.1. The number of benzene rings is 4. The van der Waals surface area contributed by atoms with E-state index in [0.29, 0.717) is 11.3 Å². The van der Waals surface area contributed by atoms with Crippen molar-refractivity contribution in [2.45, 2.75) is 69.0 Å². The molecule has 4 aromatic carbocycles. The van der Waals surface area contributed by atoms with Gasteiger partial charge in [-0.2, -0.15) is 4.31 Å². The van der Waals surface area contributed by atoms with Crippen molar-refractivity contribution in [1.82, 2.24) is 9.62 Å². The van der Waals surface area contributed by atoms with Gasteiger partial charge in [-0.05, 0) is 59.4 Å². The molecule has 17 heteroatoms. The lowest BCUT2D eigenvalue weighted by Crippen LogP contribution is -2.52. The summed E-state index contributed by atoms with van der Waals surface area (Å²) < 4.78 is 82.4. The summed E-state index contributed by atoms with van der Waals surface area (Å²) in [5.41, 5.74) is 8.49. The summed E-state index contributed by atoms with van der Waals surface area (Å²) in [4.78, 5) is 13.3. The Balaban J connectivity index is 1.16. The molecule has 4 aromatic rings. The summed E-state index contributed by atoms with van der Waals surface area (Å²) in [6.07, 6.45) is -4.56. The van der Waals surface area contributed by atoms with Crippen LogP contribution in [0.1, 0.15) is 30.5 Å². The minimum Gasteiger partial charge on any atom is -0.481 e. The van der Waals surface area contributed by atoms with Gasteiger partial charge >= 0.3 is 13.7 Å². The van der Waals surface area contributed by atoms with E-state index in [2.05, 4.69) is 5.32 Å². The van der Waals surface area contributed by atoms with Gasteiger partial charge in [0, 0.05) is 18.8 Å². The highest BCUT2D eigenvalue weighted by Crippen LogP contribution is 2.49. The summed E-state index contributed by atoms with van der Waals surface area (Å²) >= 11 is 0. The minimum absolute atomic E-state index is 0.00403. The van der Waals surface area contributed by atoms with E-state index in [-0.39, 0.29) is 69.0 Å². The van der Waals surface area contributed by atoms with E-state index in [0.717, 1.165) is 11.1 Å². The molecule has 0 radical (unpaired) electrons. The second-order valence-electron chi connectivity index (χ2n) is 14.4. The number of aliphatic hydroxyl groups is 1. The third-order valence-electron chi connectivity index (χ3n) is 9.34.